The van der Waals surface area contributed by atoms with Crippen LogP contribution in [0.3, 0.4) is 0 Å². The van der Waals surface area contributed by atoms with Crippen molar-refractivity contribution in [2.75, 3.05) is 6.54 Å². The number of hydrogen-bond acceptors (Lipinski definition) is 3. The van der Waals surface area contributed by atoms with Crippen LogP contribution in [0.5, 0.6) is 0 Å². The molecule has 1 aromatic heterocycles. The molecule has 0 aliphatic heterocycles. The van der Waals surface area contributed by atoms with Crippen LogP contribution in [-0.2, 0) is 6.54 Å². The summed E-state index contributed by atoms with van der Waals surface area (Å²) in [6.07, 6.45) is 6.76. The molecule has 0 atom stereocenters. The van der Waals surface area contributed by atoms with E-state index in [0.29, 0.717) is 5.41 Å². The van der Waals surface area contributed by atoms with Crippen molar-refractivity contribution in [1.82, 2.24) is 20.7 Å². The maximum absolute atomic E-state index is 4.31. The Morgan fingerprint density at radius 1 is 1.14 bits per heavy atom. The third-order valence-electron chi connectivity index (χ3n) is 4.87. The van der Waals surface area contributed by atoms with Gasteiger partial charge in [-0.15, -0.1) is 0 Å². The Bertz CT molecular complexity index is 555. The third-order valence-corrected chi connectivity index (χ3v) is 4.87. The van der Waals surface area contributed by atoms with Gasteiger partial charge < -0.3 is 5.32 Å². The van der Waals surface area contributed by atoms with Gasteiger partial charge in [-0.05, 0) is 24.7 Å². The molecule has 2 N–H and O–H groups in total. The van der Waals surface area contributed by atoms with Crippen LogP contribution in [-0.4, -0.2) is 22.0 Å². The van der Waals surface area contributed by atoms with Crippen LogP contribution in [0.15, 0.2) is 30.3 Å². The zero-order chi connectivity index (χ0) is 14.5. The van der Waals surface area contributed by atoms with E-state index in [4.69, 9.17) is 0 Å². The molecule has 4 nitrogen and oxygen atoms in total. The van der Waals surface area contributed by atoms with Crippen molar-refractivity contribution < 1.29 is 0 Å². The number of H-pyrrole nitrogens is 1. The lowest BCUT2D eigenvalue weighted by atomic mass is 9.83. The topological polar surface area (TPSA) is 53.6 Å². The van der Waals surface area contributed by atoms with E-state index in [-0.39, 0.29) is 0 Å². The number of nitrogens with one attached hydrogen (secondary N) is 2. The number of benzene rings is 1. The van der Waals surface area contributed by atoms with E-state index < -0.39 is 0 Å². The predicted octanol–water partition coefficient (Wildman–Crippen LogP) is 3.53. The van der Waals surface area contributed by atoms with Gasteiger partial charge in [0.1, 0.15) is 11.4 Å². The number of rotatable bonds is 6. The van der Waals surface area contributed by atoms with Crippen molar-refractivity contribution in [3.8, 4) is 11.3 Å². The van der Waals surface area contributed by atoms with Gasteiger partial charge >= 0.3 is 0 Å². The van der Waals surface area contributed by atoms with Crippen molar-refractivity contribution >= 4 is 0 Å². The molecule has 1 heterocycles. The van der Waals surface area contributed by atoms with Crippen LogP contribution in [0.2, 0.25) is 0 Å². The number of aromatic nitrogens is 3. The first-order valence-corrected chi connectivity index (χ1v) is 7.99. The van der Waals surface area contributed by atoms with Crippen LogP contribution in [0.25, 0.3) is 11.3 Å². The molecule has 1 aromatic carbocycles. The van der Waals surface area contributed by atoms with Crippen LogP contribution >= 0.6 is 0 Å². The quantitative estimate of drug-likeness (QED) is 0.853. The SMILES string of the molecule is CCC1(CNCc2n[nH]nc2-c2ccccc2)CCCC1. The van der Waals surface area contributed by atoms with E-state index in [1.165, 1.54) is 32.1 Å². The molecule has 0 spiro atoms. The highest BCUT2D eigenvalue weighted by Crippen LogP contribution is 2.40. The van der Waals surface area contributed by atoms with Gasteiger partial charge in [-0.3, -0.25) is 0 Å². The van der Waals surface area contributed by atoms with Crippen LogP contribution < -0.4 is 5.32 Å². The minimum Gasteiger partial charge on any atom is -0.310 e. The van der Waals surface area contributed by atoms with Crippen molar-refractivity contribution in [1.29, 1.82) is 0 Å². The molecule has 4 heteroatoms. The molecule has 1 aliphatic rings. The lowest BCUT2D eigenvalue weighted by Crippen LogP contribution is -2.31. The minimum atomic E-state index is 0.511. The van der Waals surface area contributed by atoms with Gasteiger partial charge in [0.2, 0.25) is 0 Å². The summed E-state index contributed by atoms with van der Waals surface area (Å²) in [5, 5.41) is 15.0. The average molecular weight is 284 g/mol. The molecule has 2 aromatic rings. The molecule has 0 bridgehead atoms. The Kier molecular flexibility index (Phi) is 4.34. The zero-order valence-corrected chi connectivity index (χ0v) is 12.7. The highest BCUT2D eigenvalue weighted by molar-refractivity contribution is 5.60. The van der Waals surface area contributed by atoms with Gasteiger partial charge in [-0.25, -0.2) is 0 Å². The van der Waals surface area contributed by atoms with Gasteiger partial charge in [-0.2, -0.15) is 15.4 Å². The Morgan fingerprint density at radius 3 is 2.62 bits per heavy atom. The summed E-state index contributed by atoms with van der Waals surface area (Å²) in [5.74, 6) is 0. The van der Waals surface area contributed by atoms with Gasteiger partial charge in [-0.1, -0.05) is 50.1 Å². The van der Waals surface area contributed by atoms with E-state index in [2.05, 4.69) is 39.8 Å². The largest absolute Gasteiger partial charge is 0.310 e. The summed E-state index contributed by atoms with van der Waals surface area (Å²) < 4.78 is 0. The lowest BCUT2D eigenvalue weighted by Gasteiger charge is -2.27. The number of aromatic amines is 1. The number of nitrogens with zero attached hydrogens (tertiary/aromatic N) is 2. The van der Waals surface area contributed by atoms with Gasteiger partial charge in [0.25, 0.3) is 0 Å². The fourth-order valence-electron chi connectivity index (χ4n) is 3.43. The second-order valence-electron chi connectivity index (χ2n) is 6.15. The Balaban J connectivity index is 1.63. The first-order chi connectivity index (χ1) is 10.3. The fourth-order valence-corrected chi connectivity index (χ4v) is 3.43. The maximum atomic E-state index is 4.31. The van der Waals surface area contributed by atoms with Gasteiger partial charge in [0, 0.05) is 18.7 Å². The van der Waals surface area contributed by atoms with E-state index >= 15 is 0 Å². The fraction of sp³-hybridized carbons (Fsp3) is 0.529. The number of hydrogen-bond donors (Lipinski definition) is 2. The van der Waals surface area contributed by atoms with Crippen molar-refractivity contribution in [3.05, 3.63) is 36.0 Å². The Labute approximate surface area is 126 Å². The van der Waals surface area contributed by atoms with Gasteiger partial charge in [0.15, 0.2) is 0 Å². The molecule has 21 heavy (non-hydrogen) atoms. The summed E-state index contributed by atoms with van der Waals surface area (Å²) in [6, 6.07) is 10.2. The maximum Gasteiger partial charge on any atom is 0.117 e. The Morgan fingerprint density at radius 2 is 1.90 bits per heavy atom. The van der Waals surface area contributed by atoms with E-state index in [1.807, 2.05) is 18.2 Å². The average Bonchev–Trinajstić information content (AvgIpc) is 3.18. The molecular formula is C17H24N4. The summed E-state index contributed by atoms with van der Waals surface area (Å²) in [7, 11) is 0. The third kappa shape index (κ3) is 3.16. The predicted molar refractivity (Wildman–Crippen MR) is 84.7 cm³/mol. The van der Waals surface area contributed by atoms with E-state index in [1.54, 1.807) is 0 Å². The zero-order valence-electron chi connectivity index (χ0n) is 12.7. The first-order valence-electron chi connectivity index (χ1n) is 7.99. The van der Waals surface area contributed by atoms with Gasteiger partial charge in [0.05, 0.1) is 0 Å². The highest BCUT2D eigenvalue weighted by Gasteiger charge is 2.31. The molecule has 0 amide bonds. The summed E-state index contributed by atoms with van der Waals surface area (Å²) in [6.45, 7) is 4.19. The van der Waals surface area contributed by atoms with Crippen molar-refractivity contribution in [3.63, 3.8) is 0 Å². The molecule has 1 fully saturated rings. The second kappa shape index (κ2) is 6.39. The van der Waals surface area contributed by atoms with Crippen molar-refractivity contribution in [2.45, 2.75) is 45.6 Å². The molecule has 0 saturated heterocycles. The van der Waals surface area contributed by atoms with Crippen LogP contribution in [0.4, 0.5) is 0 Å². The molecule has 1 saturated carbocycles. The normalized spacial score (nSPS) is 17.2. The second-order valence-corrected chi connectivity index (χ2v) is 6.15. The lowest BCUT2D eigenvalue weighted by molar-refractivity contribution is 0.268. The summed E-state index contributed by atoms with van der Waals surface area (Å²) in [5.41, 5.74) is 3.59. The van der Waals surface area contributed by atoms with Crippen LogP contribution in [0, 0.1) is 5.41 Å². The summed E-state index contributed by atoms with van der Waals surface area (Å²) in [4.78, 5) is 0. The molecule has 0 radical (unpaired) electrons. The Hall–Kier alpha value is -1.68. The van der Waals surface area contributed by atoms with E-state index in [9.17, 15) is 0 Å². The molecule has 112 valence electrons. The smallest absolute Gasteiger partial charge is 0.117 e. The summed E-state index contributed by atoms with van der Waals surface area (Å²) >= 11 is 0. The van der Waals surface area contributed by atoms with Crippen molar-refractivity contribution in [2.24, 2.45) is 5.41 Å². The standard InChI is InChI=1S/C17H24N4/c1-2-17(10-6-7-11-17)13-18-12-15-16(20-21-19-15)14-8-4-3-5-9-14/h3-5,8-9,18H,2,6-7,10-13H2,1H3,(H,19,20,21). The van der Waals surface area contributed by atoms with Crippen LogP contribution in [0.1, 0.15) is 44.7 Å². The minimum absolute atomic E-state index is 0.511. The van der Waals surface area contributed by atoms with E-state index in [0.717, 1.165) is 30.0 Å². The molecule has 0 unspecified atom stereocenters. The molecular weight excluding hydrogens is 260 g/mol. The highest BCUT2D eigenvalue weighted by atomic mass is 15.3. The monoisotopic (exact) mass is 284 g/mol. The first kappa shape index (κ1) is 14.3. The molecule has 1 aliphatic carbocycles. The molecule has 3 rings (SSSR count).